The zero-order valence-electron chi connectivity index (χ0n) is 15.2. The lowest BCUT2D eigenvalue weighted by Crippen LogP contribution is -2.12. The lowest BCUT2D eigenvalue weighted by molar-refractivity contribution is -0.142. The smallest absolute Gasteiger partial charge is 0.278 e. The molecule has 31 heavy (non-hydrogen) atoms. The highest BCUT2D eigenvalue weighted by Crippen LogP contribution is 2.34. The van der Waals surface area contributed by atoms with Crippen molar-refractivity contribution in [3.8, 4) is 23.1 Å². The van der Waals surface area contributed by atoms with Crippen LogP contribution in [0, 0.1) is 11.8 Å². The minimum atomic E-state index is -4.76. The van der Waals surface area contributed by atoms with Crippen LogP contribution in [0.1, 0.15) is 22.5 Å². The normalized spacial score (nSPS) is 11.9. The summed E-state index contributed by atoms with van der Waals surface area (Å²) in [6, 6.07) is 4.43. The zero-order valence-corrected chi connectivity index (χ0v) is 15.2. The van der Waals surface area contributed by atoms with Crippen LogP contribution in [0.4, 0.5) is 26.3 Å². The highest BCUT2D eigenvalue weighted by molar-refractivity contribution is 5.66. The first-order valence-corrected chi connectivity index (χ1v) is 8.53. The maximum Gasteiger partial charge on any atom is 0.431 e. The maximum atomic E-state index is 13.6. The van der Waals surface area contributed by atoms with E-state index in [-0.39, 0.29) is 22.6 Å². The minimum Gasteiger partial charge on any atom is -0.278 e. The Labute approximate surface area is 170 Å². The fourth-order valence-electron chi connectivity index (χ4n) is 2.75. The summed E-state index contributed by atoms with van der Waals surface area (Å²) in [7, 11) is 0. The molecule has 0 atom stereocenters. The highest BCUT2D eigenvalue weighted by atomic mass is 19.4. The number of benzene rings is 1. The molecular weight excluding hydrogens is 424 g/mol. The number of aromatic nitrogens is 5. The number of nitrogens with zero attached hydrogens (tertiary/aromatic N) is 5. The molecule has 0 aliphatic rings. The summed E-state index contributed by atoms with van der Waals surface area (Å²) in [5.74, 6) is 5.31. The van der Waals surface area contributed by atoms with Crippen LogP contribution in [0.5, 0.6) is 0 Å². The van der Waals surface area contributed by atoms with Gasteiger partial charge in [-0.2, -0.15) is 26.3 Å². The molecule has 4 rings (SSSR count). The van der Waals surface area contributed by atoms with E-state index in [0.717, 1.165) is 41.1 Å². The van der Waals surface area contributed by atoms with E-state index in [1.165, 1.54) is 18.7 Å². The molecule has 5 nitrogen and oxygen atoms in total. The standard InChI is InChI=1S/C20H9F6N5/c21-19(22,23)14-4-2-13(3-5-14)16-7-17(20(24,25)26)31-11-29-15(18(31)30-16)6-1-12-8-27-10-28-9-12/h2-5,7-11H. The number of alkyl halides is 6. The Morgan fingerprint density at radius 2 is 1.52 bits per heavy atom. The lowest BCUT2D eigenvalue weighted by atomic mass is 10.1. The van der Waals surface area contributed by atoms with E-state index in [1.54, 1.807) is 0 Å². The Bertz CT molecular complexity index is 1300. The van der Waals surface area contributed by atoms with Crippen LogP contribution >= 0.6 is 0 Å². The van der Waals surface area contributed by atoms with Gasteiger partial charge in [-0.3, -0.25) is 4.40 Å². The first-order chi connectivity index (χ1) is 14.6. The third-order valence-electron chi connectivity index (χ3n) is 4.19. The first kappa shape index (κ1) is 20.3. The maximum absolute atomic E-state index is 13.6. The third-order valence-corrected chi connectivity index (χ3v) is 4.19. The lowest BCUT2D eigenvalue weighted by Gasteiger charge is -2.12. The van der Waals surface area contributed by atoms with E-state index in [0.29, 0.717) is 5.56 Å². The highest BCUT2D eigenvalue weighted by Gasteiger charge is 2.35. The molecule has 0 radical (unpaired) electrons. The Balaban J connectivity index is 1.86. The van der Waals surface area contributed by atoms with Gasteiger partial charge >= 0.3 is 12.4 Å². The van der Waals surface area contributed by atoms with E-state index < -0.39 is 23.6 Å². The van der Waals surface area contributed by atoms with Gasteiger partial charge in [0.25, 0.3) is 0 Å². The number of imidazole rings is 1. The van der Waals surface area contributed by atoms with Gasteiger partial charge in [0.1, 0.15) is 18.3 Å². The summed E-state index contributed by atoms with van der Waals surface area (Å²) >= 11 is 0. The van der Waals surface area contributed by atoms with Gasteiger partial charge < -0.3 is 0 Å². The molecule has 4 aromatic rings. The van der Waals surface area contributed by atoms with E-state index in [4.69, 9.17) is 0 Å². The molecule has 0 saturated heterocycles. The molecule has 3 aromatic heterocycles. The van der Waals surface area contributed by atoms with Gasteiger partial charge in [-0.1, -0.05) is 18.1 Å². The molecule has 0 saturated carbocycles. The van der Waals surface area contributed by atoms with Gasteiger partial charge in [0, 0.05) is 18.0 Å². The second-order valence-electron chi connectivity index (χ2n) is 6.26. The molecule has 0 unspecified atom stereocenters. The average molecular weight is 433 g/mol. The molecule has 3 heterocycles. The average Bonchev–Trinajstić information content (AvgIpc) is 3.14. The summed E-state index contributed by atoms with van der Waals surface area (Å²) in [5, 5.41) is 0. The number of hydrogen-bond acceptors (Lipinski definition) is 4. The van der Waals surface area contributed by atoms with Crippen molar-refractivity contribution in [3.63, 3.8) is 0 Å². The molecule has 0 bridgehead atoms. The van der Waals surface area contributed by atoms with Crippen LogP contribution in [-0.2, 0) is 12.4 Å². The van der Waals surface area contributed by atoms with Crippen LogP contribution in [0.15, 0.2) is 55.4 Å². The Morgan fingerprint density at radius 3 is 2.13 bits per heavy atom. The summed E-state index contributed by atoms with van der Waals surface area (Å²) in [4.78, 5) is 15.6. The van der Waals surface area contributed by atoms with Crippen molar-refractivity contribution >= 4 is 5.65 Å². The largest absolute Gasteiger partial charge is 0.431 e. The van der Waals surface area contributed by atoms with Crippen molar-refractivity contribution in [1.82, 2.24) is 24.3 Å². The van der Waals surface area contributed by atoms with Crippen LogP contribution in [-0.4, -0.2) is 24.3 Å². The molecule has 0 aliphatic carbocycles. The van der Waals surface area contributed by atoms with Crippen molar-refractivity contribution in [1.29, 1.82) is 0 Å². The molecule has 1 aromatic carbocycles. The Hall–Kier alpha value is -3.94. The van der Waals surface area contributed by atoms with Crippen LogP contribution in [0.25, 0.3) is 16.9 Å². The van der Waals surface area contributed by atoms with Crippen molar-refractivity contribution in [2.24, 2.45) is 0 Å². The van der Waals surface area contributed by atoms with Gasteiger partial charge in [-0.25, -0.2) is 19.9 Å². The van der Waals surface area contributed by atoms with Gasteiger partial charge in [-0.15, -0.1) is 0 Å². The third kappa shape index (κ3) is 4.18. The molecule has 0 amide bonds. The molecule has 11 heteroatoms. The molecular formula is C20H9F6N5. The molecule has 156 valence electrons. The zero-order chi connectivity index (χ0) is 22.2. The number of hydrogen-bond donors (Lipinski definition) is 0. The number of halogens is 6. The SMILES string of the molecule is FC(F)(F)c1ccc(-c2cc(C(F)(F)F)n3cnc(C#Cc4cncnc4)c3n2)cc1. The van der Waals surface area contributed by atoms with Crippen molar-refractivity contribution in [2.75, 3.05) is 0 Å². The predicted octanol–water partition coefficient (Wildman–Crippen LogP) is 4.62. The first-order valence-electron chi connectivity index (χ1n) is 8.53. The number of fused-ring (bicyclic) bond motifs is 1. The second kappa shape index (κ2) is 7.39. The topological polar surface area (TPSA) is 56.0 Å². The Morgan fingerprint density at radius 1 is 0.839 bits per heavy atom. The molecule has 0 spiro atoms. The van der Waals surface area contributed by atoms with Gasteiger partial charge in [0.15, 0.2) is 11.3 Å². The summed E-state index contributed by atoms with van der Waals surface area (Å²) in [6.45, 7) is 0. The van der Waals surface area contributed by atoms with Gasteiger partial charge in [0.2, 0.25) is 0 Å². The van der Waals surface area contributed by atoms with Crippen LogP contribution in [0.3, 0.4) is 0 Å². The van der Waals surface area contributed by atoms with E-state index in [1.807, 2.05) is 0 Å². The van der Waals surface area contributed by atoms with Crippen LogP contribution in [0.2, 0.25) is 0 Å². The quantitative estimate of drug-likeness (QED) is 0.325. The molecule has 0 aliphatic heterocycles. The predicted molar refractivity (Wildman–Crippen MR) is 96.4 cm³/mol. The molecule has 0 N–H and O–H groups in total. The molecule has 0 fully saturated rings. The van der Waals surface area contributed by atoms with E-state index in [2.05, 4.69) is 31.8 Å². The van der Waals surface area contributed by atoms with Crippen molar-refractivity contribution < 1.29 is 26.3 Å². The van der Waals surface area contributed by atoms with Gasteiger partial charge in [0.05, 0.1) is 16.8 Å². The monoisotopic (exact) mass is 433 g/mol. The van der Waals surface area contributed by atoms with E-state index in [9.17, 15) is 26.3 Å². The van der Waals surface area contributed by atoms with Crippen molar-refractivity contribution in [2.45, 2.75) is 12.4 Å². The Kier molecular flexibility index (Phi) is 4.85. The minimum absolute atomic E-state index is 0.0388. The number of rotatable bonds is 1. The summed E-state index contributed by atoms with van der Waals surface area (Å²) in [5.41, 5.74) is -1.90. The second-order valence-corrected chi connectivity index (χ2v) is 6.26. The summed E-state index contributed by atoms with van der Waals surface area (Å²) < 4.78 is 79.9. The summed E-state index contributed by atoms with van der Waals surface area (Å²) in [6.07, 6.45) is -4.26. The van der Waals surface area contributed by atoms with E-state index >= 15 is 0 Å². The fraction of sp³-hybridized carbons (Fsp3) is 0.100. The van der Waals surface area contributed by atoms with Crippen molar-refractivity contribution in [3.05, 3.63) is 77.9 Å². The fourth-order valence-corrected chi connectivity index (χ4v) is 2.75. The van der Waals surface area contributed by atoms with Crippen LogP contribution < -0.4 is 0 Å². The van der Waals surface area contributed by atoms with Gasteiger partial charge in [-0.05, 0) is 24.1 Å².